The van der Waals surface area contributed by atoms with Gasteiger partial charge < -0.3 is 6.53 Å². The zero-order valence-corrected chi connectivity index (χ0v) is 12.9. The molecule has 0 aromatic heterocycles. The van der Waals surface area contributed by atoms with Gasteiger partial charge in [-0.2, -0.15) is 0 Å². The number of hydrogen-bond donors (Lipinski definition) is 1. The van der Waals surface area contributed by atoms with Crippen LogP contribution in [0.15, 0.2) is 0 Å². The second-order valence-corrected chi connectivity index (χ2v) is 0.519. The monoisotopic (exact) mass is 292 g/mol. The van der Waals surface area contributed by atoms with E-state index in [0.29, 0.717) is 0 Å². The van der Waals surface area contributed by atoms with Crippen LogP contribution in [0.5, 0.6) is 0 Å². The number of carboxylic acids is 1. The van der Waals surface area contributed by atoms with Crippen LogP contribution in [-0.2, 0) is 24.3 Å². The number of carbonyl (C=O) groups is 1. The van der Waals surface area contributed by atoms with Crippen molar-refractivity contribution < 1.29 is 82.2 Å². The van der Waals surface area contributed by atoms with Gasteiger partial charge in [0, 0.05) is 26.4 Å². The van der Waals surface area contributed by atoms with Gasteiger partial charge in [0.15, 0.2) is 0 Å². The van der Waals surface area contributed by atoms with E-state index in [0.717, 1.165) is 6.92 Å². The molecule has 0 saturated carbocycles. The maximum Gasteiger partial charge on any atom is 1.00 e. The molecule has 0 rings (SSSR count). The summed E-state index contributed by atoms with van der Waals surface area (Å²) < 4.78 is 0. The Morgan fingerprint density at radius 3 is 1.71 bits per heavy atom. The van der Waals surface area contributed by atoms with Gasteiger partial charge in [-0.05, 0) is 0 Å². The first kappa shape index (κ1) is 22.7. The summed E-state index contributed by atoms with van der Waals surface area (Å²) in [5, 5.41) is 7.42. The SMILES string of the molecule is CC(=O)O.I.[H-].[K+].[Zn]. The van der Waals surface area contributed by atoms with Crippen molar-refractivity contribution in [2.75, 3.05) is 0 Å². The number of hydrogen-bond acceptors (Lipinski definition) is 1. The van der Waals surface area contributed by atoms with Gasteiger partial charge in [0.05, 0.1) is 0 Å². The van der Waals surface area contributed by atoms with Crippen LogP contribution < -0.4 is 51.4 Å². The van der Waals surface area contributed by atoms with Crippen LogP contribution in [0.4, 0.5) is 0 Å². The van der Waals surface area contributed by atoms with E-state index in [1.807, 2.05) is 0 Å². The van der Waals surface area contributed by atoms with Gasteiger partial charge in [0.2, 0.25) is 0 Å². The first-order valence-corrected chi connectivity index (χ1v) is 0.928. The first-order chi connectivity index (χ1) is 1.73. The average Bonchev–Trinajstić information content (AvgIpc) is 0.811. The molecule has 0 spiro atoms. The van der Waals surface area contributed by atoms with Gasteiger partial charge in [0.25, 0.3) is 5.97 Å². The fourth-order valence-electron chi connectivity index (χ4n) is 0. The van der Waals surface area contributed by atoms with Crippen molar-refractivity contribution >= 4 is 29.9 Å². The quantitative estimate of drug-likeness (QED) is 0.407. The minimum absolute atomic E-state index is 0. The van der Waals surface area contributed by atoms with E-state index in [2.05, 4.69) is 0 Å². The van der Waals surface area contributed by atoms with Gasteiger partial charge >= 0.3 is 51.4 Å². The minimum Gasteiger partial charge on any atom is -1.00 e. The summed E-state index contributed by atoms with van der Waals surface area (Å²) in [4.78, 5) is 9.00. The summed E-state index contributed by atoms with van der Waals surface area (Å²) >= 11 is 0. The molecule has 0 aliphatic rings. The molecule has 0 saturated heterocycles. The minimum atomic E-state index is -0.833. The van der Waals surface area contributed by atoms with Crippen LogP contribution in [0.1, 0.15) is 8.35 Å². The summed E-state index contributed by atoms with van der Waals surface area (Å²) in [6.45, 7) is 1.08. The third kappa shape index (κ3) is 58.3. The Balaban J connectivity index is -0.00000000750. The molecule has 0 radical (unpaired) electrons. The van der Waals surface area contributed by atoms with E-state index in [1.54, 1.807) is 0 Å². The Morgan fingerprint density at radius 2 is 1.71 bits per heavy atom. The Labute approximate surface area is 116 Å². The third-order valence-corrected chi connectivity index (χ3v) is 0. The zero-order valence-electron chi connectivity index (χ0n) is 5.47. The van der Waals surface area contributed by atoms with Gasteiger partial charge in [-0.25, -0.2) is 0 Å². The first-order valence-electron chi connectivity index (χ1n) is 0.928. The summed E-state index contributed by atoms with van der Waals surface area (Å²) in [5.74, 6) is -0.833. The molecule has 0 heterocycles. The fourth-order valence-corrected chi connectivity index (χ4v) is 0. The average molecular weight is 293 g/mol. The van der Waals surface area contributed by atoms with Crippen molar-refractivity contribution in [3.8, 4) is 0 Å². The molecule has 1 N–H and O–H groups in total. The predicted octanol–water partition coefficient (Wildman–Crippen LogP) is -2.18. The molecule has 36 valence electrons. The number of rotatable bonds is 0. The summed E-state index contributed by atoms with van der Waals surface area (Å²) in [6, 6.07) is 0. The molecule has 0 aliphatic carbocycles. The van der Waals surface area contributed by atoms with Crippen molar-refractivity contribution in [1.29, 1.82) is 0 Å². The predicted molar refractivity (Wildman–Crippen MR) is 29.8 cm³/mol. The van der Waals surface area contributed by atoms with E-state index in [1.165, 1.54) is 0 Å². The second kappa shape index (κ2) is 15.8. The van der Waals surface area contributed by atoms with Crippen LogP contribution >= 0.6 is 24.0 Å². The summed E-state index contributed by atoms with van der Waals surface area (Å²) in [5.41, 5.74) is 0. The van der Waals surface area contributed by atoms with Gasteiger partial charge in [-0.15, -0.1) is 24.0 Å². The molecule has 5 heteroatoms. The molecule has 7 heavy (non-hydrogen) atoms. The standard InChI is InChI=1S/C2H4O2.HI.K.Zn.H/c1-2(3)4;;;;/h1H3,(H,3,4);1H;;;/q;;+1;;-1. The maximum atomic E-state index is 9.00. The topological polar surface area (TPSA) is 37.3 Å². The molecule has 0 fully saturated rings. The van der Waals surface area contributed by atoms with E-state index in [9.17, 15) is 0 Å². The molecule has 0 amide bonds. The largest absolute Gasteiger partial charge is 1.00 e. The van der Waals surface area contributed by atoms with Crippen LogP contribution in [-0.4, -0.2) is 11.1 Å². The second-order valence-electron chi connectivity index (χ2n) is 0.519. The van der Waals surface area contributed by atoms with Crippen molar-refractivity contribution in [1.82, 2.24) is 0 Å². The summed E-state index contributed by atoms with van der Waals surface area (Å²) in [6.07, 6.45) is 0. The molecule has 0 aromatic rings. The molecular weight excluding hydrogens is 287 g/mol. The van der Waals surface area contributed by atoms with Crippen LogP contribution in [0.25, 0.3) is 0 Å². The van der Waals surface area contributed by atoms with E-state index in [-0.39, 0.29) is 96.3 Å². The normalized spacial score (nSPS) is 3.57. The molecule has 0 atom stereocenters. The van der Waals surface area contributed by atoms with Gasteiger partial charge in [0.1, 0.15) is 0 Å². The third-order valence-electron chi connectivity index (χ3n) is 0. The van der Waals surface area contributed by atoms with E-state index < -0.39 is 5.97 Å². The maximum absolute atomic E-state index is 9.00. The van der Waals surface area contributed by atoms with Gasteiger partial charge in [-0.1, -0.05) is 0 Å². The van der Waals surface area contributed by atoms with Crippen LogP contribution in [0.3, 0.4) is 0 Å². The molecule has 0 aromatic carbocycles. The molecule has 0 unspecified atom stereocenters. The smallest absolute Gasteiger partial charge is 1.00 e. The van der Waals surface area contributed by atoms with E-state index in [4.69, 9.17) is 9.90 Å². The Hall–Kier alpha value is 2.46. The summed E-state index contributed by atoms with van der Waals surface area (Å²) in [7, 11) is 0. The van der Waals surface area contributed by atoms with Crippen molar-refractivity contribution in [2.24, 2.45) is 0 Å². The molecule has 0 bridgehead atoms. The Bertz CT molecular complexity index is 43.0. The molecular formula is C2H6IKO2Zn. The Morgan fingerprint density at radius 1 is 1.71 bits per heavy atom. The number of aliphatic carboxylic acids is 1. The van der Waals surface area contributed by atoms with Gasteiger partial charge in [-0.3, -0.25) is 4.79 Å². The molecule has 0 aliphatic heterocycles. The Kier molecular flexibility index (Phi) is 51.2. The fraction of sp³-hybridized carbons (Fsp3) is 0.500. The van der Waals surface area contributed by atoms with Crippen LogP contribution in [0, 0.1) is 0 Å². The molecule has 2 nitrogen and oxygen atoms in total. The van der Waals surface area contributed by atoms with Crippen molar-refractivity contribution in [2.45, 2.75) is 6.92 Å². The zero-order chi connectivity index (χ0) is 3.58. The van der Waals surface area contributed by atoms with Crippen LogP contribution in [0.2, 0.25) is 0 Å². The number of carboxylic acid groups (broad SMARTS) is 1. The van der Waals surface area contributed by atoms with E-state index >= 15 is 0 Å². The van der Waals surface area contributed by atoms with Crippen molar-refractivity contribution in [3.63, 3.8) is 0 Å². The number of halogens is 1. The van der Waals surface area contributed by atoms with Crippen molar-refractivity contribution in [3.05, 3.63) is 0 Å².